The lowest BCUT2D eigenvalue weighted by atomic mass is 10.0. The van der Waals surface area contributed by atoms with Crippen molar-refractivity contribution >= 4 is 5.78 Å². The maximum absolute atomic E-state index is 11.9. The van der Waals surface area contributed by atoms with E-state index in [1.54, 1.807) is 6.20 Å². The van der Waals surface area contributed by atoms with E-state index in [1.807, 2.05) is 19.1 Å². The molecule has 0 aliphatic rings. The highest BCUT2D eigenvalue weighted by Crippen LogP contribution is 2.12. The molecule has 1 aromatic heterocycles. The summed E-state index contributed by atoms with van der Waals surface area (Å²) in [5, 5.41) is 0. The van der Waals surface area contributed by atoms with Crippen LogP contribution in [0.1, 0.15) is 74.3 Å². The molecule has 0 amide bonds. The molecule has 0 aliphatic carbocycles. The SMILES string of the molecule is CCCCCCCCCC(=O)c1ncccc1C. The van der Waals surface area contributed by atoms with Crippen molar-refractivity contribution in [1.29, 1.82) is 0 Å². The van der Waals surface area contributed by atoms with E-state index in [0.29, 0.717) is 12.1 Å². The summed E-state index contributed by atoms with van der Waals surface area (Å²) in [6, 6.07) is 3.82. The van der Waals surface area contributed by atoms with Gasteiger partial charge in [-0.3, -0.25) is 9.78 Å². The highest BCUT2D eigenvalue weighted by Gasteiger charge is 2.09. The van der Waals surface area contributed by atoms with Gasteiger partial charge >= 0.3 is 0 Å². The highest BCUT2D eigenvalue weighted by molar-refractivity contribution is 5.95. The van der Waals surface area contributed by atoms with Gasteiger partial charge in [-0.15, -0.1) is 0 Å². The molecule has 0 saturated heterocycles. The van der Waals surface area contributed by atoms with Gasteiger partial charge in [0, 0.05) is 12.6 Å². The van der Waals surface area contributed by atoms with E-state index in [9.17, 15) is 4.79 Å². The molecule has 0 radical (unpaired) electrons. The van der Waals surface area contributed by atoms with Gasteiger partial charge in [0.05, 0.1) is 0 Å². The van der Waals surface area contributed by atoms with Crippen LogP contribution >= 0.6 is 0 Å². The van der Waals surface area contributed by atoms with Crippen molar-refractivity contribution in [2.45, 2.75) is 65.2 Å². The Bertz CT molecular complexity index is 360. The van der Waals surface area contributed by atoms with Crippen LogP contribution in [0.15, 0.2) is 18.3 Å². The Morgan fingerprint density at radius 1 is 1.11 bits per heavy atom. The minimum Gasteiger partial charge on any atom is -0.292 e. The summed E-state index contributed by atoms with van der Waals surface area (Å²) in [4.78, 5) is 16.1. The lowest BCUT2D eigenvalue weighted by Gasteiger charge is -2.03. The Balaban J connectivity index is 2.16. The Morgan fingerprint density at radius 3 is 2.44 bits per heavy atom. The van der Waals surface area contributed by atoms with Gasteiger partial charge < -0.3 is 0 Å². The molecule has 0 saturated carbocycles. The molecule has 0 unspecified atom stereocenters. The summed E-state index contributed by atoms with van der Waals surface area (Å²) in [7, 11) is 0. The molecule has 1 heterocycles. The molecule has 18 heavy (non-hydrogen) atoms. The number of rotatable bonds is 9. The Morgan fingerprint density at radius 2 is 1.78 bits per heavy atom. The fraction of sp³-hybridized carbons (Fsp3) is 0.625. The van der Waals surface area contributed by atoms with Crippen LogP contribution in [0, 0.1) is 6.92 Å². The first kappa shape index (κ1) is 14.9. The van der Waals surface area contributed by atoms with Gasteiger partial charge in [0.1, 0.15) is 5.69 Å². The molecule has 1 aromatic rings. The third-order valence-corrected chi connectivity index (χ3v) is 3.28. The molecular weight excluding hydrogens is 222 g/mol. The number of aryl methyl sites for hydroxylation is 1. The lowest BCUT2D eigenvalue weighted by molar-refractivity contribution is 0.0973. The second-order valence-electron chi connectivity index (χ2n) is 4.96. The van der Waals surface area contributed by atoms with Gasteiger partial charge in [0.2, 0.25) is 0 Å². The summed E-state index contributed by atoms with van der Waals surface area (Å²) >= 11 is 0. The number of unbranched alkanes of at least 4 members (excludes halogenated alkanes) is 6. The standard InChI is InChI=1S/C16H25NO/c1-3-4-5-6-7-8-9-12-15(18)16-14(2)11-10-13-17-16/h10-11,13H,3-9,12H2,1-2H3. The van der Waals surface area contributed by atoms with E-state index in [-0.39, 0.29) is 5.78 Å². The number of hydrogen-bond donors (Lipinski definition) is 0. The van der Waals surface area contributed by atoms with Crippen molar-refractivity contribution in [2.24, 2.45) is 0 Å². The minimum atomic E-state index is 0.196. The molecule has 100 valence electrons. The zero-order valence-corrected chi connectivity index (χ0v) is 11.7. The average Bonchev–Trinajstić information content (AvgIpc) is 2.38. The first-order chi connectivity index (χ1) is 8.75. The van der Waals surface area contributed by atoms with Crippen LogP contribution in [0.2, 0.25) is 0 Å². The van der Waals surface area contributed by atoms with Crippen LogP contribution in [0.25, 0.3) is 0 Å². The van der Waals surface area contributed by atoms with Crippen LogP contribution in [-0.4, -0.2) is 10.8 Å². The normalized spacial score (nSPS) is 10.6. The molecule has 1 rings (SSSR count). The van der Waals surface area contributed by atoms with Crippen LogP contribution in [0.4, 0.5) is 0 Å². The maximum atomic E-state index is 11.9. The maximum Gasteiger partial charge on any atom is 0.181 e. The van der Waals surface area contributed by atoms with Crippen LogP contribution in [0.3, 0.4) is 0 Å². The van der Waals surface area contributed by atoms with Crippen molar-refractivity contribution in [3.63, 3.8) is 0 Å². The third-order valence-electron chi connectivity index (χ3n) is 3.28. The number of Topliss-reactive ketones (excluding diaryl/α,β-unsaturated/α-hetero) is 1. The number of carbonyl (C=O) groups is 1. The highest BCUT2D eigenvalue weighted by atomic mass is 16.1. The number of nitrogens with zero attached hydrogens (tertiary/aromatic N) is 1. The predicted molar refractivity (Wildman–Crippen MR) is 75.9 cm³/mol. The number of hydrogen-bond acceptors (Lipinski definition) is 2. The Labute approximate surface area is 111 Å². The average molecular weight is 247 g/mol. The molecule has 0 spiro atoms. The number of carbonyl (C=O) groups excluding carboxylic acids is 1. The third kappa shape index (κ3) is 5.44. The lowest BCUT2D eigenvalue weighted by Crippen LogP contribution is -2.04. The first-order valence-electron chi connectivity index (χ1n) is 7.20. The quantitative estimate of drug-likeness (QED) is 0.467. The summed E-state index contributed by atoms with van der Waals surface area (Å²) in [5.74, 6) is 0.196. The van der Waals surface area contributed by atoms with Crippen molar-refractivity contribution in [2.75, 3.05) is 0 Å². The van der Waals surface area contributed by atoms with Gasteiger partial charge in [-0.1, -0.05) is 51.5 Å². The smallest absolute Gasteiger partial charge is 0.181 e. The van der Waals surface area contributed by atoms with E-state index >= 15 is 0 Å². The Kier molecular flexibility index (Phi) is 7.31. The van der Waals surface area contributed by atoms with Crippen LogP contribution < -0.4 is 0 Å². The molecule has 0 N–H and O–H groups in total. The van der Waals surface area contributed by atoms with E-state index in [0.717, 1.165) is 12.0 Å². The summed E-state index contributed by atoms with van der Waals surface area (Å²) in [6.07, 6.45) is 11.0. The fourth-order valence-corrected chi connectivity index (χ4v) is 2.14. The van der Waals surface area contributed by atoms with E-state index < -0.39 is 0 Å². The summed E-state index contributed by atoms with van der Waals surface area (Å²) in [5.41, 5.74) is 1.65. The van der Waals surface area contributed by atoms with Crippen molar-refractivity contribution in [3.05, 3.63) is 29.6 Å². The van der Waals surface area contributed by atoms with Crippen molar-refractivity contribution in [1.82, 2.24) is 4.98 Å². The fourth-order valence-electron chi connectivity index (χ4n) is 2.14. The molecule has 2 nitrogen and oxygen atoms in total. The largest absolute Gasteiger partial charge is 0.292 e. The van der Waals surface area contributed by atoms with Crippen molar-refractivity contribution in [3.8, 4) is 0 Å². The topological polar surface area (TPSA) is 30.0 Å². The van der Waals surface area contributed by atoms with Gasteiger partial charge in [0.15, 0.2) is 5.78 Å². The second-order valence-corrected chi connectivity index (χ2v) is 4.96. The molecule has 0 aromatic carbocycles. The number of ketones is 1. The van der Waals surface area contributed by atoms with Gasteiger partial charge in [0.25, 0.3) is 0 Å². The molecule has 0 bridgehead atoms. The molecule has 0 fully saturated rings. The molecule has 2 heteroatoms. The van der Waals surface area contributed by atoms with Crippen molar-refractivity contribution < 1.29 is 4.79 Å². The van der Waals surface area contributed by atoms with E-state index in [4.69, 9.17) is 0 Å². The van der Waals surface area contributed by atoms with Crippen LogP contribution in [0.5, 0.6) is 0 Å². The van der Waals surface area contributed by atoms with E-state index in [2.05, 4.69) is 11.9 Å². The number of aromatic nitrogens is 1. The Hall–Kier alpha value is -1.18. The number of pyridine rings is 1. The minimum absolute atomic E-state index is 0.196. The zero-order chi connectivity index (χ0) is 13.2. The summed E-state index contributed by atoms with van der Waals surface area (Å²) in [6.45, 7) is 4.18. The molecular formula is C16H25NO. The first-order valence-corrected chi connectivity index (χ1v) is 7.20. The van der Waals surface area contributed by atoms with Gasteiger partial charge in [-0.05, 0) is 25.0 Å². The van der Waals surface area contributed by atoms with Gasteiger partial charge in [-0.2, -0.15) is 0 Å². The zero-order valence-electron chi connectivity index (χ0n) is 11.7. The second kappa shape index (κ2) is 8.84. The predicted octanol–water partition coefficient (Wildman–Crippen LogP) is 4.71. The molecule has 0 aliphatic heterocycles. The monoisotopic (exact) mass is 247 g/mol. The van der Waals surface area contributed by atoms with E-state index in [1.165, 1.54) is 38.5 Å². The van der Waals surface area contributed by atoms with Crippen LogP contribution in [-0.2, 0) is 0 Å². The summed E-state index contributed by atoms with van der Waals surface area (Å²) < 4.78 is 0. The molecule has 0 atom stereocenters. The van der Waals surface area contributed by atoms with Gasteiger partial charge in [-0.25, -0.2) is 0 Å².